The van der Waals surface area contributed by atoms with Gasteiger partial charge in [-0.25, -0.2) is 9.59 Å². The van der Waals surface area contributed by atoms with Crippen molar-refractivity contribution in [3.63, 3.8) is 0 Å². The molecule has 0 spiro atoms. The summed E-state index contributed by atoms with van der Waals surface area (Å²) in [4.78, 5) is 49.0. The lowest BCUT2D eigenvalue weighted by Gasteiger charge is -2.29. The third-order valence-electron chi connectivity index (χ3n) is 4.44. The molecule has 1 fully saturated rings. The maximum Gasteiger partial charge on any atom is 0.341 e. The molecule has 0 aromatic heterocycles. The number of halogens is 1. The average molecular weight is 596 g/mol. The quantitative estimate of drug-likeness (QED) is 0.182. The smallest absolute Gasteiger partial charge is 0.341 e. The van der Waals surface area contributed by atoms with Crippen LogP contribution in [0.25, 0.3) is 6.08 Å². The topological polar surface area (TPSA) is 142 Å². The molecule has 2 amide bonds. The number of aliphatic carboxylic acids is 1. The minimum Gasteiger partial charge on any atom is -0.490 e. The molecule has 3 rings (SSSR count). The molecular weight excluding hydrogens is 579 g/mol. The predicted molar refractivity (Wildman–Crippen MR) is 133 cm³/mol. The molecule has 1 saturated heterocycles. The van der Waals surface area contributed by atoms with Crippen molar-refractivity contribution in [1.82, 2.24) is 5.32 Å². The van der Waals surface area contributed by atoms with Crippen LogP contribution in [0.15, 0.2) is 42.0 Å². The number of amides is 2. The minimum absolute atomic E-state index is 0.0524. The van der Waals surface area contributed by atoms with Crippen LogP contribution in [0.4, 0.5) is 5.69 Å². The number of nitrogens with one attached hydrogen (secondary N) is 1. The number of nitrogens with zero attached hydrogens (tertiary/aromatic N) is 1. The molecule has 0 aliphatic carbocycles. The number of hydrogen-bond donors (Lipinski definition) is 3. The van der Waals surface area contributed by atoms with E-state index in [0.29, 0.717) is 9.13 Å². The second-order valence-corrected chi connectivity index (χ2v) is 8.31. The maximum absolute atomic E-state index is 13.2. The van der Waals surface area contributed by atoms with Gasteiger partial charge in [0.1, 0.15) is 5.57 Å². The third-order valence-corrected chi connectivity index (χ3v) is 5.52. The molecule has 10 nitrogen and oxygen atoms in total. The highest BCUT2D eigenvalue weighted by Gasteiger charge is 2.35. The Kier molecular flexibility index (Phi) is 7.83. The number of carboxylic acid groups (broad SMARTS) is 2. The van der Waals surface area contributed by atoms with Gasteiger partial charge in [-0.2, -0.15) is 0 Å². The zero-order chi connectivity index (χ0) is 25.0. The van der Waals surface area contributed by atoms with E-state index in [-0.39, 0.29) is 40.0 Å². The first kappa shape index (κ1) is 25.1. The Balaban J connectivity index is 2.02. The van der Waals surface area contributed by atoms with Gasteiger partial charge in [0, 0.05) is 0 Å². The summed E-state index contributed by atoms with van der Waals surface area (Å²) in [5.74, 6) is -3.33. The van der Waals surface area contributed by atoms with E-state index in [9.17, 15) is 24.3 Å². The zero-order valence-electron chi connectivity index (χ0n) is 17.5. The maximum atomic E-state index is 13.2. The highest BCUT2D eigenvalue weighted by molar-refractivity contribution is 14.1. The summed E-state index contributed by atoms with van der Waals surface area (Å²) in [5.41, 5.74) is 0.305. The largest absolute Gasteiger partial charge is 0.490 e. The predicted octanol–water partition coefficient (Wildman–Crippen LogP) is 2.68. The second kappa shape index (κ2) is 10.6. The van der Waals surface area contributed by atoms with Crippen LogP contribution in [0.5, 0.6) is 11.5 Å². The molecule has 0 atom stereocenters. The van der Waals surface area contributed by atoms with Crippen LogP contribution >= 0.6 is 34.8 Å². The standard InChI is InChI=1S/C22H17IN2O8S/c1-2-32-16-8-11(7-15(23)18(16)33-10-17(26)27)6-14-19(28)24-22(34)25(20(14)29)13-5-3-4-12(9-13)21(30)31/h3-9H,2,10H2,1H3,(H,26,27)(H,30,31)(H,24,28,34). The van der Waals surface area contributed by atoms with Crippen molar-refractivity contribution in [2.45, 2.75) is 6.92 Å². The van der Waals surface area contributed by atoms with Crippen LogP contribution in [0.3, 0.4) is 0 Å². The monoisotopic (exact) mass is 596 g/mol. The van der Waals surface area contributed by atoms with E-state index in [1.165, 1.54) is 36.4 Å². The van der Waals surface area contributed by atoms with E-state index >= 15 is 0 Å². The minimum atomic E-state index is -1.18. The molecule has 3 N–H and O–H groups in total. The van der Waals surface area contributed by atoms with Gasteiger partial charge in [-0.3, -0.25) is 19.8 Å². The van der Waals surface area contributed by atoms with Gasteiger partial charge >= 0.3 is 11.9 Å². The molecule has 0 saturated carbocycles. The molecule has 12 heteroatoms. The number of thiocarbonyl (C=S) groups is 1. The van der Waals surface area contributed by atoms with Crippen molar-refractivity contribution < 1.29 is 38.9 Å². The molecule has 2 aromatic rings. The van der Waals surface area contributed by atoms with E-state index < -0.39 is 30.4 Å². The summed E-state index contributed by atoms with van der Waals surface area (Å²) in [6.45, 7) is 1.43. The van der Waals surface area contributed by atoms with Gasteiger partial charge in [-0.1, -0.05) is 6.07 Å². The van der Waals surface area contributed by atoms with Crippen LogP contribution in [-0.4, -0.2) is 52.3 Å². The fraction of sp³-hybridized carbons (Fsp3) is 0.136. The van der Waals surface area contributed by atoms with Crippen molar-refractivity contribution in [2.24, 2.45) is 0 Å². The highest BCUT2D eigenvalue weighted by Crippen LogP contribution is 2.35. The number of aromatic carboxylic acids is 1. The first-order valence-corrected chi connectivity index (χ1v) is 11.2. The number of anilines is 1. The molecule has 34 heavy (non-hydrogen) atoms. The number of ether oxygens (including phenoxy) is 2. The van der Waals surface area contributed by atoms with Crippen LogP contribution in [-0.2, 0) is 14.4 Å². The molecule has 1 aliphatic rings. The summed E-state index contributed by atoms with van der Waals surface area (Å²) < 4.78 is 11.4. The van der Waals surface area contributed by atoms with Gasteiger partial charge < -0.3 is 19.7 Å². The Hall–Kier alpha value is -3.52. The van der Waals surface area contributed by atoms with Crippen LogP contribution in [0.2, 0.25) is 0 Å². The highest BCUT2D eigenvalue weighted by atomic mass is 127. The first-order valence-electron chi connectivity index (χ1n) is 9.68. The number of rotatable bonds is 8. The molecule has 0 unspecified atom stereocenters. The number of hydrogen-bond acceptors (Lipinski definition) is 7. The number of carboxylic acids is 2. The van der Waals surface area contributed by atoms with E-state index in [1.54, 1.807) is 13.0 Å². The van der Waals surface area contributed by atoms with Gasteiger partial charge in [-0.15, -0.1) is 0 Å². The van der Waals surface area contributed by atoms with Gasteiger partial charge in [0.15, 0.2) is 23.2 Å². The summed E-state index contributed by atoms with van der Waals surface area (Å²) in [6.07, 6.45) is 1.33. The van der Waals surface area contributed by atoms with Gasteiger partial charge in [0.05, 0.1) is 21.4 Å². The van der Waals surface area contributed by atoms with Crippen LogP contribution in [0, 0.1) is 3.57 Å². The van der Waals surface area contributed by atoms with E-state index in [0.717, 1.165) is 4.90 Å². The molecule has 1 aliphatic heterocycles. The Morgan fingerprint density at radius 2 is 1.91 bits per heavy atom. The number of benzene rings is 2. The van der Waals surface area contributed by atoms with Crippen LogP contribution < -0.4 is 19.7 Å². The fourth-order valence-electron chi connectivity index (χ4n) is 3.04. The Morgan fingerprint density at radius 1 is 1.18 bits per heavy atom. The second-order valence-electron chi connectivity index (χ2n) is 6.76. The Bertz CT molecular complexity index is 1240. The van der Waals surface area contributed by atoms with E-state index in [4.69, 9.17) is 26.8 Å². The summed E-state index contributed by atoms with van der Waals surface area (Å²) >= 11 is 7.08. The molecule has 176 valence electrons. The number of carbonyl (C=O) groups excluding carboxylic acids is 2. The van der Waals surface area contributed by atoms with Crippen molar-refractivity contribution in [2.75, 3.05) is 18.1 Å². The average Bonchev–Trinajstić information content (AvgIpc) is 2.76. The summed E-state index contributed by atoms with van der Waals surface area (Å²) in [5, 5.41) is 20.4. The molecule has 0 bridgehead atoms. The third kappa shape index (κ3) is 5.51. The molecule has 0 radical (unpaired) electrons. The van der Waals surface area contributed by atoms with Gasteiger partial charge in [0.2, 0.25) is 0 Å². The SMILES string of the molecule is CCOc1cc(C=C2C(=O)NC(=S)N(c3cccc(C(=O)O)c3)C2=O)cc(I)c1OCC(=O)O. The summed E-state index contributed by atoms with van der Waals surface area (Å²) in [7, 11) is 0. The fourth-order valence-corrected chi connectivity index (χ4v) is 4.11. The normalized spacial score (nSPS) is 14.7. The lowest BCUT2D eigenvalue weighted by Crippen LogP contribution is -2.54. The Labute approximate surface area is 212 Å². The first-order chi connectivity index (χ1) is 16.1. The van der Waals surface area contributed by atoms with Gasteiger partial charge in [-0.05, 0) is 83.7 Å². The van der Waals surface area contributed by atoms with E-state index in [2.05, 4.69) is 5.32 Å². The van der Waals surface area contributed by atoms with E-state index in [1.807, 2.05) is 22.6 Å². The van der Waals surface area contributed by atoms with Crippen LogP contribution in [0.1, 0.15) is 22.8 Å². The van der Waals surface area contributed by atoms with Crippen molar-refractivity contribution in [3.8, 4) is 11.5 Å². The zero-order valence-corrected chi connectivity index (χ0v) is 20.5. The summed E-state index contributed by atoms with van der Waals surface area (Å²) in [6, 6.07) is 8.70. The Morgan fingerprint density at radius 3 is 2.56 bits per heavy atom. The van der Waals surface area contributed by atoms with Gasteiger partial charge in [0.25, 0.3) is 11.8 Å². The molecule has 2 aromatic carbocycles. The van der Waals surface area contributed by atoms with Crippen molar-refractivity contribution in [1.29, 1.82) is 0 Å². The van der Waals surface area contributed by atoms with Crippen molar-refractivity contribution in [3.05, 3.63) is 56.7 Å². The number of carbonyl (C=O) groups is 4. The van der Waals surface area contributed by atoms with Crippen molar-refractivity contribution >= 4 is 75.4 Å². The lowest BCUT2D eigenvalue weighted by molar-refractivity contribution is -0.139. The molecular formula is C22H17IN2O8S. The lowest BCUT2D eigenvalue weighted by atomic mass is 10.1. The molecule has 1 heterocycles.